The molecule has 0 saturated heterocycles. The van der Waals surface area contributed by atoms with Crippen molar-refractivity contribution in [1.29, 1.82) is 5.26 Å². The summed E-state index contributed by atoms with van der Waals surface area (Å²) in [4.78, 5) is 5.76. The van der Waals surface area contributed by atoms with Crippen molar-refractivity contribution in [3.63, 3.8) is 0 Å². The molecular formula is C12H9N3S. The van der Waals surface area contributed by atoms with Crippen LogP contribution in [0.15, 0.2) is 18.6 Å². The van der Waals surface area contributed by atoms with E-state index in [2.05, 4.69) is 22.9 Å². The predicted octanol–water partition coefficient (Wildman–Crippen LogP) is 2.06. The Balaban J connectivity index is 2.39. The summed E-state index contributed by atoms with van der Waals surface area (Å²) in [6.07, 6.45) is 3.41. The molecule has 0 saturated carbocycles. The molecule has 16 heavy (non-hydrogen) atoms. The van der Waals surface area contributed by atoms with E-state index in [0.717, 1.165) is 16.1 Å². The van der Waals surface area contributed by atoms with Crippen molar-refractivity contribution in [2.45, 2.75) is 6.92 Å². The normalized spacial score (nSPS) is 9.31. The van der Waals surface area contributed by atoms with Crippen molar-refractivity contribution >= 4 is 11.3 Å². The van der Waals surface area contributed by atoms with Crippen molar-refractivity contribution in [1.82, 2.24) is 9.55 Å². The number of aryl methyl sites for hydroxylation is 2. The van der Waals surface area contributed by atoms with Crippen LogP contribution >= 0.6 is 11.3 Å². The molecule has 0 aliphatic rings. The van der Waals surface area contributed by atoms with Gasteiger partial charge in [0.15, 0.2) is 0 Å². The highest BCUT2D eigenvalue weighted by Gasteiger charge is 2.03. The van der Waals surface area contributed by atoms with Crippen LogP contribution in [0.2, 0.25) is 0 Å². The first-order valence-electron chi connectivity index (χ1n) is 4.69. The van der Waals surface area contributed by atoms with E-state index in [9.17, 15) is 0 Å². The lowest BCUT2D eigenvalue weighted by molar-refractivity contribution is 0.899. The third-order valence-corrected chi connectivity index (χ3v) is 3.05. The van der Waals surface area contributed by atoms with E-state index < -0.39 is 0 Å². The third-order valence-electron chi connectivity index (χ3n) is 2.10. The molecule has 0 bridgehead atoms. The topological polar surface area (TPSA) is 41.6 Å². The van der Waals surface area contributed by atoms with Crippen LogP contribution in [0.3, 0.4) is 0 Å². The van der Waals surface area contributed by atoms with E-state index in [0.29, 0.717) is 4.88 Å². The molecule has 0 spiro atoms. The number of hydrogen-bond acceptors (Lipinski definition) is 3. The van der Waals surface area contributed by atoms with Crippen LogP contribution in [0.5, 0.6) is 0 Å². The first-order chi connectivity index (χ1) is 7.70. The van der Waals surface area contributed by atoms with E-state index in [-0.39, 0.29) is 0 Å². The molecule has 78 valence electrons. The largest absolute Gasteiger partial charge is 0.327 e. The maximum absolute atomic E-state index is 8.92. The zero-order chi connectivity index (χ0) is 11.5. The van der Waals surface area contributed by atoms with E-state index in [4.69, 9.17) is 5.26 Å². The van der Waals surface area contributed by atoms with Crippen LogP contribution in [0.25, 0.3) is 0 Å². The molecular weight excluding hydrogens is 218 g/mol. The van der Waals surface area contributed by atoms with E-state index in [1.54, 1.807) is 12.5 Å². The minimum atomic E-state index is 0.673. The SMILES string of the molecule is Cc1cc(C#Cc2cncn2C)c(C#N)s1. The molecule has 0 fully saturated rings. The fraction of sp³-hybridized carbons (Fsp3) is 0.167. The van der Waals surface area contributed by atoms with Gasteiger partial charge in [-0.3, -0.25) is 0 Å². The number of aromatic nitrogens is 2. The molecule has 0 atom stereocenters. The van der Waals surface area contributed by atoms with Crippen LogP contribution < -0.4 is 0 Å². The Kier molecular flexibility index (Phi) is 2.76. The first-order valence-corrected chi connectivity index (χ1v) is 5.51. The van der Waals surface area contributed by atoms with Crippen LogP contribution in [0.4, 0.5) is 0 Å². The Labute approximate surface area is 98.0 Å². The van der Waals surface area contributed by atoms with Crippen LogP contribution in [0.1, 0.15) is 21.0 Å². The fourth-order valence-corrected chi connectivity index (χ4v) is 2.06. The molecule has 3 nitrogen and oxygen atoms in total. The molecule has 0 aromatic carbocycles. The van der Waals surface area contributed by atoms with Gasteiger partial charge >= 0.3 is 0 Å². The maximum atomic E-state index is 8.92. The summed E-state index contributed by atoms with van der Waals surface area (Å²) < 4.78 is 1.85. The number of imidazole rings is 1. The summed E-state index contributed by atoms with van der Waals surface area (Å²) in [5, 5.41) is 8.92. The predicted molar refractivity (Wildman–Crippen MR) is 63.0 cm³/mol. The highest BCUT2D eigenvalue weighted by Crippen LogP contribution is 2.19. The monoisotopic (exact) mass is 227 g/mol. The molecule has 0 radical (unpaired) electrons. The van der Waals surface area contributed by atoms with Gasteiger partial charge in [-0.1, -0.05) is 5.92 Å². The summed E-state index contributed by atoms with van der Waals surface area (Å²) in [5.41, 5.74) is 1.64. The van der Waals surface area contributed by atoms with E-state index >= 15 is 0 Å². The van der Waals surface area contributed by atoms with Gasteiger partial charge in [-0.25, -0.2) is 4.98 Å². The molecule has 4 heteroatoms. The van der Waals surface area contributed by atoms with Gasteiger partial charge in [0.1, 0.15) is 16.6 Å². The van der Waals surface area contributed by atoms with Gasteiger partial charge in [-0.05, 0) is 18.9 Å². The maximum Gasteiger partial charge on any atom is 0.120 e. The Morgan fingerprint density at radius 2 is 2.25 bits per heavy atom. The van der Waals surface area contributed by atoms with Crippen LogP contribution in [-0.2, 0) is 7.05 Å². The summed E-state index contributed by atoms with van der Waals surface area (Å²) in [7, 11) is 1.89. The fourth-order valence-electron chi connectivity index (χ4n) is 1.30. The second-order valence-corrected chi connectivity index (χ2v) is 4.61. The summed E-state index contributed by atoms with van der Waals surface area (Å²) in [5.74, 6) is 6.01. The van der Waals surface area contributed by atoms with Crippen molar-refractivity contribution in [3.8, 4) is 17.9 Å². The first kappa shape index (κ1) is 10.5. The molecule has 0 aliphatic carbocycles. The number of nitrogens with zero attached hydrogens (tertiary/aromatic N) is 3. The highest BCUT2D eigenvalue weighted by atomic mass is 32.1. The number of rotatable bonds is 0. The lowest BCUT2D eigenvalue weighted by atomic mass is 10.2. The molecule has 2 heterocycles. The Morgan fingerprint density at radius 1 is 1.44 bits per heavy atom. The molecule has 2 aromatic rings. The van der Waals surface area contributed by atoms with E-state index in [1.165, 1.54) is 11.3 Å². The zero-order valence-electron chi connectivity index (χ0n) is 8.98. The molecule has 2 aromatic heterocycles. The third kappa shape index (κ3) is 1.98. The second kappa shape index (κ2) is 4.22. The highest BCUT2D eigenvalue weighted by molar-refractivity contribution is 7.12. The molecule has 2 rings (SSSR count). The average molecular weight is 227 g/mol. The summed E-state index contributed by atoms with van der Waals surface area (Å²) in [6, 6.07) is 4.09. The zero-order valence-corrected chi connectivity index (χ0v) is 9.80. The van der Waals surface area contributed by atoms with E-state index in [1.807, 2.05) is 24.6 Å². The van der Waals surface area contributed by atoms with Crippen LogP contribution in [0, 0.1) is 30.1 Å². The number of hydrogen-bond donors (Lipinski definition) is 0. The Morgan fingerprint density at radius 3 is 2.88 bits per heavy atom. The lowest BCUT2D eigenvalue weighted by Crippen LogP contribution is -1.88. The molecule has 0 aliphatic heterocycles. The summed E-state index contributed by atoms with van der Waals surface area (Å²) >= 11 is 1.47. The number of nitriles is 1. The molecule has 0 unspecified atom stereocenters. The van der Waals surface area contributed by atoms with Gasteiger partial charge in [0.25, 0.3) is 0 Å². The second-order valence-electron chi connectivity index (χ2n) is 3.35. The van der Waals surface area contributed by atoms with Gasteiger partial charge in [0, 0.05) is 11.9 Å². The van der Waals surface area contributed by atoms with Gasteiger partial charge in [-0.15, -0.1) is 11.3 Å². The molecule has 0 N–H and O–H groups in total. The minimum absolute atomic E-state index is 0.673. The lowest BCUT2D eigenvalue weighted by Gasteiger charge is -1.89. The Bertz CT molecular complexity index is 617. The van der Waals surface area contributed by atoms with Crippen molar-refractivity contribution < 1.29 is 0 Å². The quantitative estimate of drug-likeness (QED) is 0.646. The van der Waals surface area contributed by atoms with Gasteiger partial charge in [0.05, 0.1) is 18.1 Å². The standard InChI is InChI=1S/C12H9N3S/c1-9-5-10(12(6-13)16-9)3-4-11-7-14-8-15(11)2/h5,7-8H,1-2H3. The molecule has 0 amide bonds. The van der Waals surface area contributed by atoms with Crippen LogP contribution in [-0.4, -0.2) is 9.55 Å². The smallest absolute Gasteiger partial charge is 0.120 e. The summed E-state index contributed by atoms with van der Waals surface area (Å²) in [6.45, 7) is 1.97. The van der Waals surface area contributed by atoms with Gasteiger partial charge < -0.3 is 4.57 Å². The van der Waals surface area contributed by atoms with Crippen molar-refractivity contribution in [2.75, 3.05) is 0 Å². The van der Waals surface area contributed by atoms with Crippen molar-refractivity contribution in [3.05, 3.63) is 39.6 Å². The Hall–Kier alpha value is -2.04. The minimum Gasteiger partial charge on any atom is -0.327 e. The average Bonchev–Trinajstić information content (AvgIpc) is 2.81. The van der Waals surface area contributed by atoms with Gasteiger partial charge in [-0.2, -0.15) is 5.26 Å². The van der Waals surface area contributed by atoms with Crippen molar-refractivity contribution in [2.24, 2.45) is 7.05 Å². The van der Waals surface area contributed by atoms with Gasteiger partial charge in [0.2, 0.25) is 0 Å². The number of thiophene rings is 1.